The highest BCUT2D eigenvalue weighted by atomic mass is 35.5. The normalized spacial score (nSPS) is 12.2. The summed E-state index contributed by atoms with van der Waals surface area (Å²) in [6, 6.07) is 13.4. The second-order valence-electron chi connectivity index (χ2n) is 5.24. The van der Waals surface area contributed by atoms with Crippen molar-refractivity contribution in [1.82, 2.24) is 0 Å². The van der Waals surface area contributed by atoms with Crippen molar-refractivity contribution in [2.24, 2.45) is 10.2 Å². The van der Waals surface area contributed by atoms with Gasteiger partial charge < -0.3 is 9.84 Å². The number of carboxylic acid groups (broad SMARTS) is 1. The minimum Gasteiger partial charge on any atom is -0.492 e. The first-order valence-corrected chi connectivity index (χ1v) is 8.14. The Kier molecular flexibility index (Phi) is 6.75. The van der Waals surface area contributed by atoms with E-state index in [9.17, 15) is 4.79 Å². The van der Waals surface area contributed by atoms with Crippen LogP contribution in [0.2, 0.25) is 0 Å². The molecule has 2 rings (SSSR count). The van der Waals surface area contributed by atoms with Crippen LogP contribution in [0.3, 0.4) is 0 Å². The van der Waals surface area contributed by atoms with E-state index < -0.39 is 5.97 Å². The monoisotopic (exact) mass is 346 g/mol. The summed E-state index contributed by atoms with van der Waals surface area (Å²) in [6.07, 6.45) is 1.96. The second kappa shape index (κ2) is 9.03. The fraction of sp³-hybridized carbons (Fsp3) is 0.278. The van der Waals surface area contributed by atoms with E-state index in [2.05, 4.69) is 17.2 Å². The first kappa shape index (κ1) is 17.9. The molecule has 1 unspecified atom stereocenters. The van der Waals surface area contributed by atoms with Crippen molar-refractivity contribution < 1.29 is 14.6 Å². The van der Waals surface area contributed by atoms with Crippen molar-refractivity contribution in [2.75, 3.05) is 6.61 Å². The molecule has 6 heteroatoms. The van der Waals surface area contributed by atoms with Crippen molar-refractivity contribution in [3.8, 4) is 5.75 Å². The number of hydrogen-bond donors (Lipinski definition) is 1. The third-order valence-electron chi connectivity index (χ3n) is 3.26. The third kappa shape index (κ3) is 5.66. The molecule has 2 aromatic carbocycles. The molecular weight excluding hydrogens is 328 g/mol. The number of azo groups is 1. The van der Waals surface area contributed by atoms with Gasteiger partial charge in [-0.05, 0) is 55.0 Å². The smallest absolute Gasteiger partial charge is 0.335 e. The Morgan fingerprint density at radius 3 is 2.12 bits per heavy atom. The third-order valence-corrected chi connectivity index (χ3v) is 3.61. The van der Waals surface area contributed by atoms with Gasteiger partial charge in [0, 0.05) is 0 Å². The molecule has 126 valence electrons. The highest BCUT2D eigenvalue weighted by Gasteiger charge is 2.04. The zero-order chi connectivity index (χ0) is 17.4. The van der Waals surface area contributed by atoms with Crippen LogP contribution in [0.4, 0.5) is 11.4 Å². The lowest BCUT2D eigenvalue weighted by molar-refractivity contribution is 0.0697. The van der Waals surface area contributed by atoms with E-state index in [-0.39, 0.29) is 10.9 Å². The van der Waals surface area contributed by atoms with Crippen molar-refractivity contribution in [1.29, 1.82) is 0 Å². The van der Waals surface area contributed by atoms with Gasteiger partial charge in [0.25, 0.3) is 0 Å². The van der Waals surface area contributed by atoms with Gasteiger partial charge in [-0.15, -0.1) is 11.6 Å². The Labute approximate surface area is 145 Å². The van der Waals surface area contributed by atoms with Crippen LogP contribution in [-0.4, -0.2) is 23.1 Å². The molecule has 0 amide bonds. The zero-order valence-corrected chi connectivity index (χ0v) is 14.1. The molecule has 0 heterocycles. The summed E-state index contributed by atoms with van der Waals surface area (Å²) in [7, 11) is 0. The molecule has 0 radical (unpaired) electrons. The van der Waals surface area contributed by atoms with Gasteiger partial charge in [0.15, 0.2) is 0 Å². The van der Waals surface area contributed by atoms with Gasteiger partial charge in [0.1, 0.15) is 12.4 Å². The van der Waals surface area contributed by atoms with E-state index in [0.717, 1.165) is 18.6 Å². The van der Waals surface area contributed by atoms with Crippen LogP contribution in [0.25, 0.3) is 0 Å². The van der Waals surface area contributed by atoms with Gasteiger partial charge in [-0.2, -0.15) is 10.2 Å². The fourth-order valence-corrected chi connectivity index (χ4v) is 2.26. The van der Waals surface area contributed by atoms with E-state index in [1.165, 1.54) is 12.1 Å². The van der Waals surface area contributed by atoms with Gasteiger partial charge in [-0.3, -0.25) is 0 Å². The number of benzene rings is 2. The lowest BCUT2D eigenvalue weighted by Gasteiger charge is -2.10. The molecular formula is C18H19ClN2O3. The molecule has 0 fully saturated rings. The van der Waals surface area contributed by atoms with E-state index in [0.29, 0.717) is 18.0 Å². The molecule has 0 saturated carbocycles. The van der Waals surface area contributed by atoms with Crippen molar-refractivity contribution in [2.45, 2.75) is 25.1 Å². The SMILES string of the molecule is CCCC(Cl)COc1ccc(/N=N/c2ccc(C(=O)O)cc2)cc1. The van der Waals surface area contributed by atoms with Crippen molar-refractivity contribution >= 4 is 28.9 Å². The predicted molar refractivity (Wildman–Crippen MR) is 94.1 cm³/mol. The molecule has 0 saturated heterocycles. The average Bonchev–Trinajstić information content (AvgIpc) is 2.59. The molecule has 0 spiro atoms. The second-order valence-corrected chi connectivity index (χ2v) is 5.86. The molecule has 0 aromatic heterocycles. The maximum absolute atomic E-state index is 10.8. The fourth-order valence-electron chi connectivity index (χ4n) is 1.98. The number of aromatic carboxylic acids is 1. The zero-order valence-electron chi connectivity index (χ0n) is 13.4. The van der Waals surface area contributed by atoms with Gasteiger partial charge in [-0.25, -0.2) is 4.79 Å². The Bertz CT molecular complexity index is 684. The number of alkyl halides is 1. The lowest BCUT2D eigenvalue weighted by Crippen LogP contribution is -2.11. The first-order chi connectivity index (χ1) is 11.6. The summed E-state index contributed by atoms with van der Waals surface area (Å²) in [4.78, 5) is 10.8. The topological polar surface area (TPSA) is 71.2 Å². The molecule has 24 heavy (non-hydrogen) atoms. The molecule has 2 aromatic rings. The molecule has 0 aliphatic heterocycles. The number of nitrogens with zero attached hydrogens (tertiary/aromatic N) is 2. The number of rotatable bonds is 8. The van der Waals surface area contributed by atoms with Crippen molar-refractivity contribution in [3.05, 3.63) is 54.1 Å². The summed E-state index contributed by atoms with van der Waals surface area (Å²) < 4.78 is 5.61. The maximum Gasteiger partial charge on any atom is 0.335 e. The van der Waals surface area contributed by atoms with Gasteiger partial charge in [0.05, 0.1) is 22.3 Å². The molecule has 1 atom stereocenters. The number of halogens is 1. The lowest BCUT2D eigenvalue weighted by atomic mass is 10.2. The maximum atomic E-state index is 10.8. The summed E-state index contributed by atoms with van der Waals surface area (Å²) >= 11 is 6.12. The van der Waals surface area contributed by atoms with Gasteiger partial charge in [0.2, 0.25) is 0 Å². The highest BCUT2D eigenvalue weighted by molar-refractivity contribution is 6.20. The summed E-state index contributed by atoms with van der Waals surface area (Å²) in [5.74, 6) is -0.228. The number of carbonyl (C=O) groups is 1. The summed E-state index contributed by atoms with van der Waals surface area (Å²) in [5.41, 5.74) is 1.49. The van der Waals surface area contributed by atoms with Crippen LogP contribution in [0.15, 0.2) is 58.8 Å². The molecule has 5 nitrogen and oxygen atoms in total. The minimum absolute atomic E-state index is 0.0168. The Morgan fingerprint density at radius 2 is 1.62 bits per heavy atom. The van der Waals surface area contributed by atoms with E-state index in [4.69, 9.17) is 21.4 Å². The van der Waals surface area contributed by atoms with Crippen LogP contribution in [0.1, 0.15) is 30.1 Å². The number of carboxylic acids is 1. The highest BCUT2D eigenvalue weighted by Crippen LogP contribution is 2.22. The summed E-state index contributed by atoms with van der Waals surface area (Å²) in [5, 5.41) is 17.0. The largest absolute Gasteiger partial charge is 0.492 e. The van der Waals surface area contributed by atoms with E-state index in [1.54, 1.807) is 24.3 Å². The Hall–Kier alpha value is -2.40. The minimum atomic E-state index is -0.966. The molecule has 0 aliphatic carbocycles. The molecule has 0 bridgehead atoms. The quantitative estimate of drug-likeness (QED) is 0.500. The summed E-state index contributed by atoms with van der Waals surface area (Å²) in [6.45, 7) is 2.57. The Morgan fingerprint density at radius 1 is 1.08 bits per heavy atom. The van der Waals surface area contributed by atoms with Crippen LogP contribution >= 0.6 is 11.6 Å². The average molecular weight is 347 g/mol. The molecule has 1 N–H and O–H groups in total. The van der Waals surface area contributed by atoms with Crippen molar-refractivity contribution in [3.63, 3.8) is 0 Å². The van der Waals surface area contributed by atoms with Crippen LogP contribution < -0.4 is 4.74 Å². The van der Waals surface area contributed by atoms with Gasteiger partial charge in [-0.1, -0.05) is 13.3 Å². The first-order valence-electron chi connectivity index (χ1n) is 7.70. The number of hydrogen-bond acceptors (Lipinski definition) is 4. The molecule has 0 aliphatic rings. The van der Waals surface area contributed by atoms with Crippen LogP contribution in [-0.2, 0) is 0 Å². The van der Waals surface area contributed by atoms with Crippen LogP contribution in [0.5, 0.6) is 5.75 Å². The Balaban J connectivity index is 1.92. The van der Waals surface area contributed by atoms with Gasteiger partial charge >= 0.3 is 5.97 Å². The van der Waals surface area contributed by atoms with Crippen LogP contribution in [0, 0.1) is 0 Å². The standard InChI is InChI=1S/C18H19ClN2O3/c1-2-3-14(19)12-24-17-10-8-16(9-11-17)21-20-15-6-4-13(5-7-15)18(22)23/h4-11,14H,2-3,12H2,1H3,(H,22,23)/b21-20+. The number of ether oxygens (including phenoxy) is 1. The van der Waals surface area contributed by atoms with E-state index >= 15 is 0 Å². The predicted octanol–water partition coefficient (Wildman–Crippen LogP) is 5.59. The van der Waals surface area contributed by atoms with E-state index in [1.807, 2.05) is 12.1 Å².